The summed E-state index contributed by atoms with van der Waals surface area (Å²) < 4.78 is 22.9. The van der Waals surface area contributed by atoms with Gasteiger partial charge in [-0.2, -0.15) is 0 Å². The molecule has 0 aliphatic rings. The summed E-state index contributed by atoms with van der Waals surface area (Å²) in [5, 5.41) is 0. The third-order valence-corrected chi connectivity index (χ3v) is 2.57. The molecule has 0 aromatic heterocycles. The number of ether oxygens (including phenoxy) is 4. The van der Waals surface area contributed by atoms with E-state index in [4.69, 9.17) is 18.9 Å². The Morgan fingerprint density at radius 1 is 0.750 bits per heavy atom. The van der Waals surface area contributed by atoms with E-state index in [0.717, 1.165) is 17.6 Å². The van der Waals surface area contributed by atoms with Crippen molar-refractivity contribution in [3.8, 4) is 0 Å². The van der Waals surface area contributed by atoms with Crippen molar-refractivity contribution in [1.29, 1.82) is 0 Å². The third-order valence-electron chi connectivity index (χ3n) is 2.57. The first-order chi connectivity index (χ1) is 9.31. The Morgan fingerprint density at radius 2 is 1.30 bits per heavy atom. The molecule has 5 nitrogen and oxygen atoms in total. The van der Waals surface area contributed by atoms with E-state index in [1.54, 1.807) is 0 Å². The van der Waals surface area contributed by atoms with Gasteiger partial charge in [0.2, 0.25) is 0 Å². The Balaban J connectivity index is 3.20. The summed E-state index contributed by atoms with van der Waals surface area (Å²) in [6.07, 6.45) is 0.364. The van der Waals surface area contributed by atoms with E-state index >= 15 is 0 Å². The molecule has 0 saturated carbocycles. The van der Waals surface area contributed by atoms with Crippen molar-refractivity contribution in [2.75, 3.05) is 67.3 Å². The molecule has 0 saturated heterocycles. The summed E-state index contributed by atoms with van der Waals surface area (Å²) in [4.78, 5) is 0. The summed E-state index contributed by atoms with van der Waals surface area (Å²) >= 11 is 0. The first kappa shape index (κ1) is 19.8. The topological polar surface area (TPSA) is 36.9 Å². The van der Waals surface area contributed by atoms with E-state index in [1.807, 2.05) is 20.8 Å². The summed E-state index contributed by atoms with van der Waals surface area (Å²) in [5.41, 5.74) is 0. The maximum absolute atomic E-state index is 5.57. The maximum Gasteiger partial charge on any atom is 0.102 e. The molecule has 0 fully saturated rings. The van der Waals surface area contributed by atoms with Crippen molar-refractivity contribution >= 4 is 0 Å². The van der Waals surface area contributed by atoms with Gasteiger partial charge in [0.1, 0.15) is 6.54 Å². The lowest BCUT2D eigenvalue weighted by atomic mass is 10.4. The van der Waals surface area contributed by atoms with Crippen LogP contribution in [0.3, 0.4) is 0 Å². The number of quaternary nitrogens is 1. The van der Waals surface area contributed by atoms with E-state index in [2.05, 4.69) is 21.1 Å². The van der Waals surface area contributed by atoms with Gasteiger partial charge in [-0.05, 0) is 20.8 Å². The Kier molecular flexibility index (Phi) is 11.3. The van der Waals surface area contributed by atoms with Gasteiger partial charge < -0.3 is 23.4 Å². The molecule has 20 heavy (non-hydrogen) atoms. The predicted octanol–water partition coefficient (Wildman–Crippen LogP) is 1.56. The number of hydrogen-bond donors (Lipinski definition) is 0. The first-order valence-electron chi connectivity index (χ1n) is 7.50. The van der Waals surface area contributed by atoms with Gasteiger partial charge in [-0.25, -0.2) is 0 Å². The lowest BCUT2D eigenvalue weighted by Gasteiger charge is -2.23. The van der Waals surface area contributed by atoms with Crippen molar-refractivity contribution in [2.24, 2.45) is 0 Å². The molecular weight excluding hydrogens is 258 g/mol. The van der Waals surface area contributed by atoms with Gasteiger partial charge in [0, 0.05) is 0 Å². The van der Waals surface area contributed by atoms with E-state index in [-0.39, 0.29) is 12.2 Å². The lowest BCUT2D eigenvalue weighted by Crippen LogP contribution is -2.37. The molecule has 0 aromatic carbocycles. The molecule has 0 aliphatic carbocycles. The van der Waals surface area contributed by atoms with Crippen molar-refractivity contribution in [1.82, 2.24) is 0 Å². The first-order valence-corrected chi connectivity index (χ1v) is 7.50. The third kappa shape index (κ3) is 15.9. The summed E-state index contributed by atoms with van der Waals surface area (Å²) in [5.74, 6) is 0. The average molecular weight is 292 g/mol. The molecule has 5 heteroatoms. The number of nitrogens with zero attached hydrogens (tertiary/aromatic N) is 1. The SMILES string of the molecule is CC(C)OCC(C)OCCOCCOCC[N+](C)(C)C. The minimum absolute atomic E-state index is 0.113. The molecular formula is C15H34NO4+. The van der Waals surface area contributed by atoms with Crippen molar-refractivity contribution < 1.29 is 23.4 Å². The predicted molar refractivity (Wildman–Crippen MR) is 81.0 cm³/mol. The van der Waals surface area contributed by atoms with Crippen molar-refractivity contribution in [3.05, 3.63) is 0 Å². The fourth-order valence-corrected chi connectivity index (χ4v) is 1.34. The molecule has 0 amide bonds. The molecule has 0 radical (unpaired) electrons. The summed E-state index contributed by atoms with van der Waals surface area (Å²) in [6, 6.07) is 0. The highest BCUT2D eigenvalue weighted by Gasteiger charge is 2.05. The highest BCUT2D eigenvalue weighted by Crippen LogP contribution is 1.96. The maximum atomic E-state index is 5.57. The van der Waals surface area contributed by atoms with Crippen LogP contribution >= 0.6 is 0 Å². The minimum Gasteiger partial charge on any atom is -0.377 e. The average Bonchev–Trinajstić information content (AvgIpc) is 2.33. The van der Waals surface area contributed by atoms with Gasteiger partial charge >= 0.3 is 0 Å². The van der Waals surface area contributed by atoms with Crippen LogP contribution in [0.2, 0.25) is 0 Å². The van der Waals surface area contributed by atoms with Crippen LogP contribution in [0.1, 0.15) is 20.8 Å². The molecule has 122 valence electrons. The number of rotatable bonds is 13. The van der Waals surface area contributed by atoms with Gasteiger partial charge in [-0.1, -0.05) is 0 Å². The second-order valence-corrected chi connectivity index (χ2v) is 6.30. The fourth-order valence-electron chi connectivity index (χ4n) is 1.34. The Morgan fingerprint density at radius 3 is 1.85 bits per heavy atom. The second-order valence-electron chi connectivity index (χ2n) is 6.30. The minimum atomic E-state index is 0.113. The standard InChI is InChI=1S/C15H34NO4/c1-14(2)20-13-15(3)19-12-11-18-10-9-17-8-7-16(4,5)6/h14-15H,7-13H2,1-6H3/q+1. The van der Waals surface area contributed by atoms with Gasteiger partial charge in [-0.3, -0.25) is 0 Å². The van der Waals surface area contributed by atoms with E-state index in [9.17, 15) is 0 Å². The zero-order chi connectivity index (χ0) is 15.4. The van der Waals surface area contributed by atoms with E-state index in [1.165, 1.54) is 0 Å². The molecule has 0 aliphatic heterocycles. The van der Waals surface area contributed by atoms with Crippen LogP contribution in [0.15, 0.2) is 0 Å². The van der Waals surface area contributed by atoms with Crippen LogP contribution in [0.4, 0.5) is 0 Å². The molecule has 0 rings (SSSR count). The molecule has 0 aromatic rings. The molecule has 0 heterocycles. The lowest BCUT2D eigenvalue weighted by molar-refractivity contribution is -0.870. The highest BCUT2D eigenvalue weighted by molar-refractivity contribution is 4.48. The number of likely N-dealkylation sites (N-methyl/N-ethyl adjacent to an activating group) is 1. The number of hydrogen-bond acceptors (Lipinski definition) is 4. The van der Waals surface area contributed by atoms with Crippen molar-refractivity contribution in [3.63, 3.8) is 0 Å². The smallest absolute Gasteiger partial charge is 0.102 e. The fraction of sp³-hybridized carbons (Fsp3) is 1.00. The molecule has 0 spiro atoms. The molecule has 0 bridgehead atoms. The van der Waals surface area contributed by atoms with E-state index < -0.39 is 0 Å². The van der Waals surface area contributed by atoms with Gasteiger partial charge in [0.05, 0.1) is 73.0 Å². The summed E-state index contributed by atoms with van der Waals surface area (Å²) in [6.45, 7) is 10.9. The monoisotopic (exact) mass is 292 g/mol. The second kappa shape index (κ2) is 11.5. The molecule has 1 atom stereocenters. The van der Waals surface area contributed by atoms with Crippen LogP contribution in [-0.4, -0.2) is 84.0 Å². The Bertz CT molecular complexity index is 216. The molecule has 0 N–H and O–H groups in total. The normalized spacial score (nSPS) is 13.9. The van der Waals surface area contributed by atoms with E-state index in [0.29, 0.717) is 33.0 Å². The van der Waals surface area contributed by atoms with Gasteiger partial charge in [-0.15, -0.1) is 0 Å². The zero-order valence-corrected chi connectivity index (χ0v) is 14.2. The Labute approximate surface area is 124 Å². The zero-order valence-electron chi connectivity index (χ0n) is 14.2. The largest absolute Gasteiger partial charge is 0.377 e. The summed E-state index contributed by atoms with van der Waals surface area (Å²) in [7, 11) is 6.46. The Hall–Kier alpha value is -0.200. The van der Waals surface area contributed by atoms with Crippen LogP contribution in [0, 0.1) is 0 Å². The van der Waals surface area contributed by atoms with Crippen LogP contribution in [-0.2, 0) is 18.9 Å². The quantitative estimate of drug-likeness (QED) is 0.381. The highest BCUT2D eigenvalue weighted by atomic mass is 16.6. The van der Waals surface area contributed by atoms with Crippen LogP contribution < -0.4 is 0 Å². The molecule has 1 unspecified atom stereocenters. The van der Waals surface area contributed by atoms with Gasteiger partial charge in [0.25, 0.3) is 0 Å². The van der Waals surface area contributed by atoms with Crippen molar-refractivity contribution in [2.45, 2.75) is 33.0 Å². The van der Waals surface area contributed by atoms with Crippen LogP contribution in [0.25, 0.3) is 0 Å². The van der Waals surface area contributed by atoms with Crippen LogP contribution in [0.5, 0.6) is 0 Å². The van der Waals surface area contributed by atoms with Gasteiger partial charge in [0.15, 0.2) is 0 Å².